The number of anilines is 1. The first-order valence-electron chi connectivity index (χ1n) is 14.3. The van der Waals surface area contributed by atoms with Gasteiger partial charge in [0.2, 0.25) is 5.91 Å². The van der Waals surface area contributed by atoms with Gasteiger partial charge in [-0.1, -0.05) is 58.2 Å². The Balaban J connectivity index is 1.26. The number of rotatable bonds is 8. The molecule has 4 rings (SSSR count). The zero-order chi connectivity index (χ0) is 26.4. The molecule has 1 N–H and O–H groups in total. The van der Waals surface area contributed by atoms with E-state index in [2.05, 4.69) is 70.0 Å². The Bertz CT molecular complexity index is 1000. The summed E-state index contributed by atoms with van der Waals surface area (Å²) in [6, 6.07) is 8.79. The number of piperidine rings is 1. The minimum Gasteiger partial charge on any atom is -0.345 e. The Labute approximate surface area is 224 Å². The minimum atomic E-state index is -0.139. The average molecular weight is 506 g/mol. The van der Waals surface area contributed by atoms with Crippen LogP contribution in [0.15, 0.2) is 46.7 Å². The molecule has 6 heteroatoms. The molecular formula is C31H47N5O. The van der Waals surface area contributed by atoms with Gasteiger partial charge in [0.15, 0.2) is 0 Å². The second-order valence-corrected chi connectivity index (χ2v) is 12.4. The molecule has 1 aromatic rings. The second kappa shape index (κ2) is 12.4. The summed E-state index contributed by atoms with van der Waals surface area (Å²) in [5, 5.41) is 11.6. The molecule has 3 aliphatic rings. The first kappa shape index (κ1) is 27.6. The van der Waals surface area contributed by atoms with Crippen molar-refractivity contribution in [3.63, 3.8) is 0 Å². The number of allylic oxidation sites excluding steroid dienone is 1. The van der Waals surface area contributed by atoms with E-state index in [0.717, 1.165) is 42.5 Å². The van der Waals surface area contributed by atoms with Crippen LogP contribution in [0.3, 0.4) is 0 Å². The van der Waals surface area contributed by atoms with Gasteiger partial charge in [-0.2, -0.15) is 5.10 Å². The van der Waals surface area contributed by atoms with E-state index in [1.54, 1.807) is 0 Å². The lowest BCUT2D eigenvalue weighted by Crippen LogP contribution is -2.39. The number of nitrogens with zero attached hydrogens (tertiary/aromatic N) is 4. The van der Waals surface area contributed by atoms with Crippen molar-refractivity contribution in [2.24, 2.45) is 27.5 Å². The van der Waals surface area contributed by atoms with Gasteiger partial charge in [0, 0.05) is 43.2 Å². The molecule has 1 aromatic carbocycles. The van der Waals surface area contributed by atoms with Crippen molar-refractivity contribution in [2.75, 3.05) is 24.5 Å². The van der Waals surface area contributed by atoms with E-state index in [9.17, 15) is 4.79 Å². The van der Waals surface area contributed by atoms with Gasteiger partial charge in [-0.15, -0.1) is 5.10 Å². The predicted octanol–water partition coefficient (Wildman–Crippen LogP) is 6.53. The number of likely N-dealkylation sites (tertiary alicyclic amines) is 1. The molecule has 0 radical (unpaired) electrons. The molecule has 202 valence electrons. The number of carbonyl (C=O) groups excluding carboxylic acids is 1. The molecule has 3 fully saturated rings. The fourth-order valence-corrected chi connectivity index (χ4v) is 6.22. The van der Waals surface area contributed by atoms with Gasteiger partial charge in [0.25, 0.3) is 0 Å². The lowest BCUT2D eigenvalue weighted by molar-refractivity contribution is -0.122. The molecule has 6 nitrogen and oxygen atoms in total. The summed E-state index contributed by atoms with van der Waals surface area (Å²) in [5.41, 5.74) is 4.88. The fourth-order valence-electron chi connectivity index (χ4n) is 6.22. The van der Waals surface area contributed by atoms with Crippen molar-refractivity contribution in [3.8, 4) is 0 Å². The summed E-state index contributed by atoms with van der Waals surface area (Å²) in [5.74, 6) is 1.26. The number of amides is 1. The highest BCUT2D eigenvalue weighted by Crippen LogP contribution is 2.33. The topological polar surface area (TPSA) is 60.3 Å². The smallest absolute Gasteiger partial charge is 0.230 e. The molecule has 2 saturated heterocycles. The van der Waals surface area contributed by atoms with Crippen LogP contribution in [-0.2, 0) is 11.3 Å². The van der Waals surface area contributed by atoms with E-state index in [4.69, 9.17) is 0 Å². The molecule has 1 atom stereocenters. The quantitative estimate of drug-likeness (QED) is 0.248. The van der Waals surface area contributed by atoms with Crippen LogP contribution in [0.4, 0.5) is 5.69 Å². The third-order valence-corrected chi connectivity index (χ3v) is 8.34. The van der Waals surface area contributed by atoms with Crippen molar-refractivity contribution in [1.82, 2.24) is 10.2 Å². The molecular weight excluding hydrogens is 458 g/mol. The Morgan fingerprint density at radius 3 is 2.54 bits per heavy atom. The predicted molar refractivity (Wildman–Crippen MR) is 155 cm³/mol. The molecule has 2 heterocycles. The maximum absolute atomic E-state index is 12.9. The summed E-state index contributed by atoms with van der Waals surface area (Å²) in [6.45, 7) is 16.8. The van der Waals surface area contributed by atoms with Gasteiger partial charge in [-0.3, -0.25) is 9.69 Å². The maximum Gasteiger partial charge on any atom is 0.230 e. The number of amidine groups is 1. The Hall–Kier alpha value is -2.47. The first-order valence-corrected chi connectivity index (χ1v) is 14.3. The number of nitrogens with one attached hydrogen (secondary N) is 1. The lowest BCUT2D eigenvalue weighted by Gasteiger charge is -2.38. The monoisotopic (exact) mass is 505 g/mol. The molecule has 1 amide bonds. The van der Waals surface area contributed by atoms with E-state index in [1.807, 2.05) is 13.8 Å². The van der Waals surface area contributed by atoms with E-state index in [0.29, 0.717) is 24.2 Å². The summed E-state index contributed by atoms with van der Waals surface area (Å²) >= 11 is 0. The van der Waals surface area contributed by atoms with Crippen molar-refractivity contribution in [1.29, 1.82) is 0 Å². The highest BCUT2D eigenvalue weighted by molar-refractivity contribution is 5.98. The Kier molecular flexibility index (Phi) is 9.22. The summed E-state index contributed by atoms with van der Waals surface area (Å²) in [6.07, 6.45) is 10.9. The van der Waals surface area contributed by atoms with Crippen LogP contribution in [0.1, 0.15) is 91.0 Å². The van der Waals surface area contributed by atoms with Crippen LogP contribution in [-0.4, -0.2) is 42.0 Å². The molecule has 2 aliphatic heterocycles. The van der Waals surface area contributed by atoms with Gasteiger partial charge in [-0.05, 0) is 75.1 Å². The standard InChI is InChI=1S/C31H47N5O/c1-23(11-12-26-9-6-7-10-26)33-34-25(3)32-30(37)28-19-24(2)36(21-28)29-15-13-27(14-16-29)20-35-18-8-17-31(4,5)22-35/h13-16,26,28H,2,6-12,17-22H2,1,3-5H3,(H,32,34,37)/b33-23+. The first-order chi connectivity index (χ1) is 17.7. The Morgan fingerprint density at radius 1 is 1.11 bits per heavy atom. The molecule has 0 bridgehead atoms. The Morgan fingerprint density at radius 2 is 1.84 bits per heavy atom. The molecule has 1 unspecified atom stereocenters. The van der Waals surface area contributed by atoms with Crippen LogP contribution in [0.2, 0.25) is 0 Å². The highest BCUT2D eigenvalue weighted by atomic mass is 16.2. The van der Waals surface area contributed by atoms with Gasteiger partial charge in [-0.25, -0.2) is 0 Å². The van der Waals surface area contributed by atoms with Crippen LogP contribution in [0.5, 0.6) is 0 Å². The summed E-state index contributed by atoms with van der Waals surface area (Å²) in [7, 11) is 0. The van der Waals surface area contributed by atoms with Gasteiger partial charge in [0.05, 0.1) is 5.92 Å². The van der Waals surface area contributed by atoms with Crippen LogP contribution in [0.25, 0.3) is 0 Å². The summed E-state index contributed by atoms with van der Waals surface area (Å²) in [4.78, 5) is 17.7. The fraction of sp³-hybridized carbons (Fsp3) is 0.645. The third kappa shape index (κ3) is 8.00. The average Bonchev–Trinajstić information content (AvgIpc) is 3.51. The SMILES string of the molecule is C=C1CC(C(=O)N/C(C)=N/N=C(\C)CCC2CCCC2)CN1c1ccc(CN2CCCC(C)(C)C2)cc1. The van der Waals surface area contributed by atoms with Crippen LogP contribution < -0.4 is 10.2 Å². The zero-order valence-corrected chi connectivity index (χ0v) is 23.6. The zero-order valence-electron chi connectivity index (χ0n) is 23.6. The van der Waals surface area contributed by atoms with E-state index >= 15 is 0 Å². The number of hydrogen-bond acceptors (Lipinski definition) is 5. The molecule has 37 heavy (non-hydrogen) atoms. The summed E-state index contributed by atoms with van der Waals surface area (Å²) < 4.78 is 0. The van der Waals surface area contributed by atoms with Crippen LogP contribution >= 0.6 is 0 Å². The minimum absolute atomic E-state index is 0.00644. The van der Waals surface area contributed by atoms with Crippen molar-refractivity contribution < 1.29 is 4.79 Å². The van der Waals surface area contributed by atoms with E-state index in [1.165, 1.54) is 57.1 Å². The normalized spacial score (nSPS) is 23.6. The maximum atomic E-state index is 12.9. The lowest BCUT2D eigenvalue weighted by atomic mass is 9.84. The van der Waals surface area contributed by atoms with E-state index in [-0.39, 0.29) is 11.8 Å². The largest absolute Gasteiger partial charge is 0.345 e. The van der Waals surface area contributed by atoms with Crippen molar-refractivity contribution in [3.05, 3.63) is 42.1 Å². The third-order valence-electron chi connectivity index (χ3n) is 8.34. The van der Waals surface area contributed by atoms with Crippen molar-refractivity contribution >= 4 is 23.1 Å². The number of benzene rings is 1. The number of hydrogen-bond donors (Lipinski definition) is 1. The van der Waals surface area contributed by atoms with Crippen molar-refractivity contribution in [2.45, 2.75) is 92.0 Å². The highest BCUT2D eigenvalue weighted by Gasteiger charge is 2.32. The molecule has 1 saturated carbocycles. The van der Waals surface area contributed by atoms with Gasteiger partial charge in [0.1, 0.15) is 5.84 Å². The molecule has 0 spiro atoms. The van der Waals surface area contributed by atoms with E-state index < -0.39 is 0 Å². The molecule has 1 aliphatic carbocycles. The van der Waals surface area contributed by atoms with Gasteiger partial charge >= 0.3 is 0 Å². The van der Waals surface area contributed by atoms with Gasteiger partial charge < -0.3 is 10.2 Å². The number of carbonyl (C=O) groups is 1. The second-order valence-electron chi connectivity index (χ2n) is 12.4. The molecule has 0 aromatic heterocycles. The van der Waals surface area contributed by atoms with Crippen LogP contribution in [0, 0.1) is 17.3 Å².